The van der Waals surface area contributed by atoms with E-state index in [9.17, 15) is 13.2 Å². The molecule has 0 radical (unpaired) electrons. The molecule has 1 aliphatic rings. The molecule has 1 fully saturated rings. The Morgan fingerprint density at radius 1 is 0.962 bits per heavy atom. The summed E-state index contributed by atoms with van der Waals surface area (Å²) >= 11 is 0. The summed E-state index contributed by atoms with van der Waals surface area (Å²) in [5, 5.41) is 6.50. The lowest BCUT2D eigenvalue weighted by Crippen LogP contribution is -2.46. The predicted octanol–water partition coefficient (Wildman–Crippen LogP) is 4.20. The van der Waals surface area contributed by atoms with Gasteiger partial charge in [0, 0.05) is 44.5 Å². The van der Waals surface area contributed by atoms with Gasteiger partial charge in [-0.2, -0.15) is 13.2 Å². The van der Waals surface area contributed by atoms with Gasteiger partial charge < -0.3 is 10.6 Å². The summed E-state index contributed by atoms with van der Waals surface area (Å²) in [6.07, 6.45) is -5.00. The van der Waals surface area contributed by atoms with Crippen molar-refractivity contribution in [3.63, 3.8) is 0 Å². The van der Waals surface area contributed by atoms with E-state index in [1.54, 1.807) is 0 Å². The molecular weight excluding hydrogens is 339 g/mol. The third-order valence-corrected chi connectivity index (χ3v) is 4.65. The first-order chi connectivity index (χ1) is 12.5. The SMILES string of the molecule is FC(F)(F)C[C@@H](c1ccc(NCc2ccccc2)cc1)N1CCNCC1. The molecule has 3 rings (SSSR count). The fourth-order valence-corrected chi connectivity index (χ4v) is 3.29. The second kappa shape index (κ2) is 8.56. The van der Waals surface area contributed by atoms with Gasteiger partial charge in [0.25, 0.3) is 0 Å². The van der Waals surface area contributed by atoms with E-state index in [0.717, 1.165) is 29.9 Å². The van der Waals surface area contributed by atoms with Crippen LogP contribution in [-0.2, 0) is 6.54 Å². The molecule has 3 nitrogen and oxygen atoms in total. The second-order valence-electron chi connectivity index (χ2n) is 6.58. The minimum Gasteiger partial charge on any atom is -0.381 e. The second-order valence-corrected chi connectivity index (χ2v) is 6.58. The summed E-state index contributed by atoms with van der Waals surface area (Å²) in [5.74, 6) is 0. The molecule has 1 atom stereocenters. The number of rotatable bonds is 6. The van der Waals surface area contributed by atoms with Gasteiger partial charge in [0.15, 0.2) is 0 Å². The minimum absolute atomic E-state index is 0.625. The number of nitrogens with zero attached hydrogens (tertiary/aromatic N) is 1. The molecule has 0 aromatic heterocycles. The fourth-order valence-electron chi connectivity index (χ4n) is 3.29. The zero-order valence-electron chi connectivity index (χ0n) is 14.6. The monoisotopic (exact) mass is 363 g/mol. The van der Waals surface area contributed by atoms with Gasteiger partial charge in [-0.25, -0.2) is 0 Å². The van der Waals surface area contributed by atoms with Crippen LogP contribution in [0.5, 0.6) is 0 Å². The first-order valence-electron chi connectivity index (χ1n) is 8.90. The molecule has 140 valence electrons. The molecule has 0 bridgehead atoms. The van der Waals surface area contributed by atoms with Gasteiger partial charge in [0.2, 0.25) is 0 Å². The van der Waals surface area contributed by atoms with Crippen molar-refractivity contribution >= 4 is 5.69 Å². The lowest BCUT2D eigenvalue weighted by Gasteiger charge is -2.35. The quantitative estimate of drug-likeness (QED) is 0.806. The van der Waals surface area contributed by atoms with Crippen LogP contribution in [0.1, 0.15) is 23.6 Å². The van der Waals surface area contributed by atoms with Gasteiger partial charge in [0.05, 0.1) is 6.42 Å². The smallest absolute Gasteiger partial charge is 0.381 e. The third kappa shape index (κ3) is 5.47. The summed E-state index contributed by atoms with van der Waals surface area (Å²) in [6.45, 7) is 3.41. The van der Waals surface area contributed by atoms with E-state index in [1.807, 2.05) is 59.5 Å². The van der Waals surface area contributed by atoms with Crippen molar-refractivity contribution in [3.8, 4) is 0 Å². The van der Waals surface area contributed by atoms with Crippen molar-refractivity contribution in [1.29, 1.82) is 0 Å². The van der Waals surface area contributed by atoms with Crippen LogP contribution < -0.4 is 10.6 Å². The topological polar surface area (TPSA) is 27.3 Å². The van der Waals surface area contributed by atoms with Gasteiger partial charge in [-0.1, -0.05) is 42.5 Å². The Morgan fingerprint density at radius 2 is 1.62 bits per heavy atom. The number of alkyl halides is 3. The van der Waals surface area contributed by atoms with Crippen LogP contribution >= 0.6 is 0 Å². The van der Waals surface area contributed by atoms with E-state index >= 15 is 0 Å². The number of halogens is 3. The van der Waals surface area contributed by atoms with Crippen molar-refractivity contribution in [2.45, 2.75) is 25.2 Å². The summed E-state index contributed by atoms with van der Waals surface area (Å²) in [4.78, 5) is 1.93. The highest BCUT2D eigenvalue weighted by Crippen LogP contribution is 2.34. The maximum absolute atomic E-state index is 13.1. The zero-order chi connectivity index (χ0) is 18.4. The normalized spacial score (nSPS) is 17.0. The molecule has 0 aliphatic carbocycles. The van der Waals surface area contributed by atoms with Crippen molar-refractivity contribution in [2.24, 2.45) is 0 Å². The number of hydrogen-bond donors (Lipinski definition) is 2. The Kier molecular flexibility index (Phi) is 6.16. The number of benzene rings is 2. The van der Waals surface area contributed by atoms with Gasteiger partial charge >= 0.3 is 6.18 Å². The van der Waals surface area contributed by atoms with Gasteiger partial charge in [-0.3, -0.25) is 4.90 Å². The minimum atomic E-state index is -4.18. The van der Waals surface area contributed by atoms with E-state index in [0.29, 0.717) is 19.6 Å². The number of hydrogen-bond acceptors (Lipinski definition) is 3. The average molecular weight is 363 g/mol. The Bertz CT molecular complexity index is 665. The van der Waals surface area contributed by atoms with E-state index in [4.69, 9.17) is 0 Å². The predicted molar refractivity (Wildman–Crippen MR) is 98.1 cm³/mol. The van der Waals surface area contributed by atoms with Crippen LogP contribution in [0.2, 0.25) is 0 Å². The summed E-state index contributed by atoms with van der Waals surface area (Å²) < 4.78 is 39.2. The van der Waals surface area contributed by atoms with Crippen molar-refractivity contribution in [2.75, 3.05) is 31.5 Å². The molecule has 2 aromatic carbocycles. The van der Waals surface area contributed by atoms with Crippen LogP contribution in [0.25, 0.3) is 0 Å². The Labute approximate surface area is 152 Å². The Morgan fingerprint density at radius 3 is 2.23 bits per heavy atom. The van der Waals surface area contributed by atoms with E-state index in [1.165, 1.54) is 0 Å². The third-order valence-electron chi connectivity index (χ3n) is 4.65. The van der Waals surface area contributed by atoms with E-state index in [2.05, 4.69) is 10.6 Å². The number of anilines is 1. The molecule has 26 heavy (non-hydrogen) atoms. The van der Waals surface area contributed by atoms with Gasteiger partial charge in [-0.05, 0) is 23.3 Å². The maximum atomic E-state index is 13.1. The lowest BCUT2D eigenvalue weighted by atomic mass is 10.0. The van der Waals surface area contributed by atoms with Crippen LogP contribution in [0, 0.1) is 0 Å². The Balaban J connectivity index is 1.68. The number of nitrogens with one attached hydrogen (secondary N) is 2. The molecule has 1 saturated heterocycles. The highest BCUT2D eigenvalue weighted by Gasteiger charge is 2.35. The van der Waals surface area contributed by atoms with Crippen LogP contribution in [0.4, 0.5) is 18.9 Å². The zero-order valence-corrected chi connectivity index (χ0v) is 14.6. The fraction of sp³-hybridized carbons (Fsp3) is 0.400. The molecule has 0 amide bonds. The molecule has 0 saturated carbocycles. The molecule has 1 heterocycles. The summed E-state index contributed by atoms with van der Waals surface area (Å²) in [5.41, 5.74) is 2.78. The Hall–Kier alpha value is -2.05. The molecule has 2 N–H and O–H groups in total. The van der Waals surface area contributed by atoms with Crippen molar-refractivity contribution < 1.29 is 13.2 Å². The van der Waals surface area contributed by atoms with Gasteiger partial charge in [0.1, 0.15) is 0 Å². The van der Waals surface area contributed by atoms with Crippen molar-refractivity contribution in [1.82, 2.24) is 10.2 Å². The van der Waals surface area contributed by atoms with Gasteiger partial charge in [-0.15, -0.1) is 0 Å². The highest BCUT2D eigenvalue weighted by molar-refractivity contribution is 5.45. The molecule has 6 heteroatoms. The first-order valence-corrected chi connectivity index (χ1v) is 8.90. The average Bonchev–Trinajstić information content (AvgIpc) is 2.66. The lowest BCUT2D eigenvalue weighted by molar-refractivity contribution is -0.148. The van der Waals surface area contributed by atoms with E-state index in [-0.39, 0.29) is 0 Å². The van der Waals surface area contributed by atoms with E-state index < -0.39 is 18.6 Å². The maximum Gasteiger partial charge on any atom is 0.390 e. The van der Waals surface area contributed by atoms with Crippen LogP contribution in [-0.4, -0.2) is 37.3 Å². The highest BCUT2D eigenvalue weighted by atomic mass is 19.4. The molecule has 0 unspecified atom stereocenters. The molecular formula is C20H24F3N3. The van der Waals surface area contributed by atoms with Crippen LogP contribution in [0.15, 0.2) is 54.6 Å². The standard InChI is InChI=1S/C20H24F3N3/c21-20(22,23)14-19(26-12-10-24-11-13-26)17-6-8-18(9-7-17)25-15-16-4-2-1-3-5-16/h1-9,19,24-25H,10-15H2/t19-/m0/s1. The van der Waals surface area contributed by atoms with Crippen molar-refractivity contribution in [3.05, 3.63) is 65.7 Å². The number of piperazine rings is 1. The summed E-state index contributed by atoms with van der Waals surface area (Å²) in [7, 11) is 0. The molecule has 1 aliphatic heterocycles. The largest absolute Gasteiger partial charge is 0.390 e. The van der Waals surface area contributed by atoms with Crippen LogP contribution in [0.3, 0.4) is 0 Å². The molecule has 0 spiro atoms. The first kappa shape index (κ1) is 18.7. The summed E-state index contributed by atoms with van der Waals surface area (Å²) in [6, 6.07) is 16.7. The molecule has 2 aromatic rings.